The van der Waals surface area contributed by atoms with Crippen LogP contribution in [0.3, 0.4) is 0 Å². The normalized spacial score (nSPS) is 11.1. The number of esters is 1. The van der Waals surface area contributed by atoms with Crippen molar-refractivity contribution >= 4 is 21.7 Å². The number of hydrogen-bond donors (Lipinski definition) is 1. The lowest BCUT2D eigenvalue weighted by molar-refractivity contribution is 0.0595. The number of anilines is 1. The number of ether oxygens (including phenoxy) is 1. The summed E-state index contributed by atoms with van der Waals surface area (Å²) in [6.07, 6.45) is 1.66. The Kier molecular flexibility index (Phi) is 5.41. The van der Waals surface area contributed by atoms with Crippen molar-refractivity contribution in [2.24, 2.45) is 0 Å². The molecule has 0 spiro atoms. The molecule has 8 heteroatoms. The van der Waals surface area contributed by atoms with Crippen molar-refractivity contribution in [3.63, 3.8) is 0 Å². The van der Waals surface area contributed by atoms with Gasteiger partial charge >= 0.3 is 5.97 Å². The van der Waals surface area contributed by atoms with Crippen LogP contribution < -0.4 is 4.72 Å². The van der Waals surface area contributed by atoms with Gasteiger partial charge in [0.2, 0.25) is 0 Å². The lowest BCUT2D eigenvalue weighted by Crippen LogP contribution is -2.15. The Hall–Kier alpha value is -3.26. The first kappa shape index (κ1) is 19.5. The summed E-state index contributed by atoms with van der Waals surface area (Å²) >= 11 is 0. The number of sulfonamides is 1. The second-order valence-corrected chi connectivity index (χ2v) is 7.64. The molecule has 1 N–H and O–H groups in total. The van der Waals surface area contributed by atoms with Crippen LogP contribution in [0.4, 0.5) is 10.1 Å². The molecule has 1 heterocycles. The monoisotopic (exact) mass is 400 g/mol. The average molecular weight is 400 g/mol. The number of nitrogens with one attached hydrogen (secondary N) is 1. The fourth-order valence-corrected chi connectivity index (χ4v) is 3.99. The van der Waals surface area contributed by atoms with E-state index in [1.54, 1.807) is 31.3 Å². The summed E-state index contributed by atoms with van der Waals surface area (Å²) in [4.78, 5) is 15.7. The molecule has 2 aromatic carbocycles. The van der Waals surface area contributed by atoms with Crippen LogP contribution in [0.25, 0.3) is 11.3 Å². The summed E-state index contributed by atoms with van der Waals surface area (Å²) in [7, 11) is -2.82. The van der Waals surface area contributed by atoms with Gasteiger partial charge in [0.05, 0.1) is 29.0 Å². The lowest BCUT2D eigenvalue weighted by atomic mass is 10.1. The fourth-order valence-electron chi connectivity index (χ4n) is 2.71. The van der Waals surface area contributed by atoms with Crippen molar-refractivity contribution in [2.45, 2.75) is 11.8 Å². The second-order valence-electron chi connectivity index (χ2n) is 5.99. The maximum Gasteiger partial charge on any atom is 0.340 e. The second kappa shape index (κ2) is 7.77. The third kappa shape index (κ3) is 4.01. The topological polar surface area (TPSA) is 85.4 Å². The summed E-state index contributed by atoms with van der Waals surface area (Å²) in [5.41, 5.74) is 1.75. The number of methoxy groups -OCH3 is 1. The lowest BCUT2D eigenvalue weighted by Gasteiger charge is -2.12. The maximum atomic E-state index is 14.0. The quantitative estimate of drug-likeness (QED) is 0.659. The Bertz CT molecular complexity index is 1130. The van der Waals surface area contributed by atoms with Crippen molar-refractivity contribution in [3.05, 3.63) is 77.7 Å². The molecular formula is C20H17FN2O4S. The standard InChI is InChI=1S/C20H17FN2O4S/c1-13-11-14(18-5-3-4-10-22-18)6-9-19(13)28(25,26)23-15-7-8-16(17(21)12-15)20(24)27-2/h3-12,23H,1-2H3. The van der Waals surface area contributed by atoms with E-state index in [0.717, 1.165) is 30.5 Å². The van der Waals surface area contributed by atoms with E-state index in [4.69, 9.17) is 0 Å². The largest absolute Gasteiger partial charge is 0.465 e. The number of hydrogen-bond acceptors (Lipinski definition) is 5. The van der Waals surface area contributed by atoms with Crippen LogP contribution in [0.1, 0.15) is 15.9 Å². The van der Waals surface area contributed by atoms with Gasteiger partial charge in [-0.3, -0.25) is 9.71 Å². The fraction of sp³-hybridized carbons (Fsp3) is 0.100. The van der Waals surface area contributed by atoms with Gasteiger partial charge in [-0.1, -0.05) is 12.1 Å². The number of rotatable bonds is 5. The number of aromatic nitrogens is 1. The van der Waals surface area contributed by atoms with Crippen molar-refractivity contribution in [1.29, 1.82) is 0 Å². The van der Waals surface area contributed by atoms with E-state index in [0.29, 0.717) is 5.56 Å². The molecule has 28 heavy (non-hydrogen) atoms. The minimum Gasteiger partial charge on any atom is -0.465 e. The number of aryl methyl sites for hydroxylation is 1. The van der Waals surface area contributed by atoms with E-state index in [-0.39, 0.29) is 16.1 Å². The van der Waals surface area contributed by atoms with Crippen LogP contribution >= 0.6 is 0 Å². The summed E-state index contributed by atoms with van der Waals surface area (Å²) in [5, 5.41) is 0. The van der Waals surface area contributed by atoms with Gasteiger partial charge in [-0.05, 0) is 55.0 Å². The van der Waals surface area contributed by atoms with Crippen molar-refractivity contribution < 1.29 is 22.3 Å². The van der Waals surface area contributed by atoms with Gasteiger partial charge in [0.1, 0.15) is 5.82 Å². The molecule has 0 aliphatic rings. The molecule has 0 saturated heterocycles. The number of carbonyl (C=O) groups excluding carboxylic acids is 1. The van der Waals surface area contributed by atoms with Crippen LogP contribution in [0.15, 0.2) is 65.7 Å². The van der Waals surface area contributed by atoms with E-state index >= 15 is 0 Å². The van der Waals surface area contributed by atoms with E-state index < -0.39 is 21.8 Å². The van der Waals surface area contributed by atoms with Gasteiger partial charge in [0, 0.05) is 11.8 Å². The highest BCUT2D eigenvalue weighted by molar-refractivity contribution is 7.92. The minimum absolute atomic E-state index is 0.00152. The molecule has 3 rings (SSSR count). The highest BCUT2D eigenvalue weighted by Crippen LogP contribution is 2.25. The molecule has 0 radical (unpaired) electrons. The van der Waals surface area contributed by atoms with Crippen LogP contribution in [-0.4, -0.2) is 26.5 Å². The van der Waals surface area contributed by atoms with Gasteiger partial charge in [0.25, 0.3) is 10.0 Å². The van der Waals surface area contributed by atoms with E-state index in [1.807, 2.05) is 12.1 Å². The predicted molar refractivity (Wildman–Crippen MR) is 103 cm³/mol. The average Bonchev–Trinajstić information content (AvgIpc) is 2.67. The SMILES string of the molecule is COC(=O)c1ccc(NS(=O)(=O)c2ccc(-c3ccccn3)cc2C)cc1F. The van der Waals surface area contributed by atoms with Crippen molar-refractivity contribution in [3.8, 4) is 11.3 Å². The Morgan fingerprint density at radius 3 is 2.50 bits per heavy atom. The molecular weight excluding hydrogens is 383 g/mol. The zero-order valence-corrected chi connectivity index (χ0v) is 16.0. The first-order valence-electron chi connectivity index (χ1n) is 8.24. The van der Waals surface area contributed by atoms with Crippen molar-refractivity contribution in [2.75, 3.05) is 11.8 Å². The molecule has 0 unspecified atom stereocenters. The summed E-state index contributed by atoms with van der Waals surface area (Å²) in [6, 6.07) is 13.7. The summed E-state index contributed by atoms with van der Waals surface area (Å²) in [5.74, 6) is -1.72. The van der Waals surface area contributed by atoms with E-state index in [1.165, 1.54) is 12.1 Å². The molecule has 144 valence electrons. The number of halogens is 1. The van der Waals surface area contributed by atoms with Gasteiger partial charge in [0.15, 0.2) is 0 Å². The van der Waals surface area contributed by atoms with E-state index in [2.05, 4.69) is 14.4 Å². The maximum absolute atomic E-state index is 14.0. The van der Waals surface area contributed by atoms with Gasteiger partial charge in [-0.2, -0.15) is 0 Å². The molecule has 0 fully saturated rings. The molecule has 0 bridgehead atoms. The molecule has 0 aliphatic heterocycles. The molecule has 0 saturated carbocycles. The molecule has 6 nitrogen and oxygen atoms in total. The van der Waals surface area contributed by atoms with Crippen LogP contribution in [0.5, 0.6) is 0 Å². The van der Waals surface area contributed by atoms with Gasteiger partial charge in [-0.15, -0.1) is 0 Å². The Morgan fingerprint density at radius 1 is 1.11 bits per heavy atom. The third-order valence-electron chi connectivity index (χ3n) is 4.05. The van der Waals surface area contributed by atoms with Gasteiger partial charge in [-0.25, -0.2) is 17.6 Å². The smallest absolute Gasteiger partial charge is 0.340 e. The Labute approximate surface area is 162 Å². The highest BCUT2D eigenvalue weighted by Gasteiger charge is 2.19. The van der Waals surface area contributed by atoms with Crippen LogP contribution in [-0.2, 0) is 14.8 Å². The molecule has 0 atom stereocenters. The van der Waals surface area contributed by atoms with E-state index in [9.17, 15) is 17.6 Å². The first-order chi connectivity index (χ1) is 13.3. The Morgan fingerprint density at radius 2 is 1.89 bits per heavy atom. The zero-order chi connectivity index (χ0) is 20.3. The van der Waals surface area contributed by atoms with Crippen LogP contribution in [0.2, 0.25) is 0 Å². The number of benzene rings is 2. The number of carbonyl (C=O) groups is 1. The number of nitrogens with zero attached hydrogens (tertiary/aromatic N) is 1. The zero-order valence-electron chi connectivity index (χ0n) is 15.1. The molecule has 1 aromatic heterocycles. The molecule has 0 amide bonds. The highest BCUT2D eigenvalue weighted by atomic mass is 32.2. The predicted octanol–water partition coefficient (Wildman–Crippen LogP) is 3.78. The minimum atomic E-state index is -3.95. The van der Waals surface area contributed by atoms with Crippen LogP contribution in [0, 0.1) is 12.7 Å². The van der Waals surface area contributed by atoms with Crippen molar-refractivity contribution in [1.82, 2.24) is 4.98 Å². The van der Waals surface area contributed by atoms with Gasteiger partial charge < -0.3 is 4.74 Å². The number of pyridine rings is 1. The molecule has 3 aromatic rings. The first-order valence-corrected chi connectivity index (χ1v) is 9.73. The summed E-state index contributed by atoms with van der Waals surface area (Å²) in [6.45, 7) is 1.67. The summed E-state index contributed by atoms with van der Waals surface area (Å²) < 4.78 is 46.3. The Balaban J connectivity index is 1.89. The molecule has 0 aliphatic carbocycles. The third-order valence-corrected chi connectivity index (χ3v) is 5.59.